The number of aryl methyl sites for hydroxylation is 1. The number of hydrogen-bond donors (Lipinski definition) is 0. The molecule has 0 aliphatic heterocycles. The van der Waals surface area contributed by atoms with Crippen LogP contribution in [0.2, 0.25) is 0 Å². The fourth-order valence-electron chi connectivity index (χ4n) is 3.13. The van der Waals surface area contributed by atoms with E-state index >= 15 is 0 Å². The van der Waals surface area contributed by atoms with Crippen molar-refractivity contribution in [3.63, 3.8) is 0 Å². The van der Waals surface area contributed by atoms with Gasteiger partial charge in [0.1, 0.15) is 0 Å². The SMILES string of the molecule is CCCCOC(=O)CSc1nc2cc(C(=O)OC)ccc2c(=O)n1CCc1ccccc1. The van der Waals surface area contributed by atoms with Crippen molar-refractivity contribution in [1.29, 1.82) is 0 Å². The number of thioether (sulfide) groups is 1. The fourth-order valence-corrected chi connectivity index (χ4v) is 3.96. The number of carbonyl (C=O) groups excluding carboxylic acids is 2. The summed E-state index contributed by atoms with van der Waals surface area (Å²) in [7, 11) is 1.30. The number of rotatable bonds is 10. The smallest absolute Gasteiger partial charge is 0.337 e. The van der Waals surface area contributed by atoms with E-state index in [0.29, 0.717) is 41.2 Å². The molecule has 0 bridgehead atoms. The van der Waals surface area contributed by atoms with Crippen molar-refractivity contribution < 1.29 is 19.1 Å². The molecule has 0 amide bonds. The summed E-state index contributed by atoms with van der Waals surface area (Å²) in [4.78, 5) is 41.8. The molecule has 8 heteroatoms. The maximum absolute atomic E-state index is 13.3. The molecule has 0 aliphatic rings. The first-order valence-corrected chi connectivity index (χ1v) is 11.5. The Balaban J connectivity index is 1.92. The molecule has 1 heterocycles. The predicted octanol–water partition coefficient (Wildman–Crippen LogP) is 3.86. The molecule has 168 valence electrons. The zero-order valence-electron chi connectivity index (χ0n) is 18.2. The quantitative estimate of drug-likeness (QED) is 0.199. The van der Waals surface area contributed by atoms with E-state index in [9.17, 15) is 14.4 Å². The third kappa shape index (κ3) is 5.97. The van der Waals surface area contributed by atoms with E-state index in [1.807, 2.05) is 37.3 Å². The molecule has 0 atom stereocenters. The minimum Gasteiger partial charge on any atom is -0.465 e. The Hall–Kier alpha value is -3.13. The number of hydrogen-bond acceptors (Lipinski definition) is 7. The lowest BCUT2D eigenvalue weighted by Gasteiger charge is -2.13. The van der Waals surface area contributed by atoms with Crippen LogP contribution in [0.4, 0.5) is 0 Å². The molecule has 0 aliphatic carbocycles. The minimum absolute atomic E-state index is 0.0453. The fraction of sp³-hybridized carbons (Fsp3) is 0.333. The number of ether oxygens (including phenoxy) is 2. The first-order chi connectivity index (χ1) is 15.5. The van der Waals surface area contributed by atoms with Crippen molar-refractivity contribution in [3.05, 3.63) is 70.0 Å². The maximum Gasteiger partial charge on any atom is 0.337 e. The van der Waals surface area contributed by atoms with Gasteiger partial charge in [0.05, 0.1) is 35.9 Å². The molecule has 0 unspecified atom stereocenters. The van der Waals surface area contributed by atoms with E-state index in [1.165, 1.54) is 13.2 Å². The van der Waals surface area contributed by atoms with Crippen LogP contribution in [0.15, 0.2) is 58.5 Å². The summed E-state index contributed by atoms with van der Waals surface area (Å²) < 4.78 is 11.6. The highest BCUT2D eigenvalue weighted by atomic mass is 32.2. The third-order valence-electron chi connectivity index (χ3n) is 4.89. The van der Waals surface area contributed by atoms with Gasteiger partial charge in [-0.25, -0.2) is 9.78 Å². The summed E-state index contributed by atoms with van der Waals surface area (Å²) in [6, 6.07) is 14.5. The van der Waals surface area contributed by atoms with E-state index in [1.54, 1.807) is 16.7 Å². The summed E-state index contributed by atoms with van der Waals surface area (Å²) in [6.45, 7) is 2.82. The molecule has 7 nitrogen and oxygen atoms in total. The highest BCUT2D eigenvalue weighted by molar-refractivity contribution is 7.99. The van der Waals surface area contributed by atoms with Crippen LogP contribution in [0.3, 0.4) is 0 Å². The van der Waals surface area contributed by atoms with Gasteiger partial charge >= 0.3 is 11.9 Å². The van der Waals surface area contributed by atoms with E-state index < -0.39 is 5.97 Å². The van der Waals surface area contributed by atoms with Crippen LogP contribution in [-0.2, 0) is 27.2 Å². The number of nitrogens with zero attached hydrogens (tertiary/aromatic N) is 2. The molecule has 0 fully saturated rings. The second-order valence-corrected chi connectivity index (χ2v) is 8.12. The second-order valence-electron chi connectivity index (χ2n) is 7.17. The van der Waals surface area contributed by atoms with Gasteiger partial charge in [0.2, 0.25) is 0 Å². The standard InChI is InChI=1S/C24H26N2O5S/c1-3-4-14-31-21(27)16-32-24-25-20-15-18(23(29)30-2)10-11-19(20)22(28)26(24)13-12-17-8-6-5-7-9-17/h5-11,15H,3-4,12-14,16H2,1-2H3. The highest BCUT2D eigenvalue weighted by Gasteiger charge is 2.16. The van der Waals surface area contributed by atoms with Gasteiger partial charge in [-0.3, -0.25) is 14.2 Å². The zero-order chi connectivity index (χ0) is 22.9. The van der Waals surface area contributed by atoms with Crippen molar-refractivity contribution >= 4 is 34.6 Å². The highest BCUT2D eigenvalue weighted by Crippen LogP contribution is 2.20. The van der Waals surface area contributed by atoms with E-state index in [-0.39, 0.29) is 17.3 Å². The Bertz CT molecular complexity index is 1140. The summed E-state index contributed by atoms with van der Waals surface area (Å²) in [5, 5.41) is 0.813. The molecule has 3 rings (SSSR count). The van der Waals surface area contributed by atoms with Crippen LogP contribution in [0.1, 0.15) is 35.7 Å². The lowest BCUT2D eigenvalue weighted by atomic mass is 10.1. The van der Waals surface area contributed by atoms with Gasteiger partial charge in [0.25, 0.3) is 5.56 Å². The van der Waals surface area contributed by atoms with E-state index in [0.717, 1.165) is 30.2 Å². The molecule has 0 N–H and O–H groups in total. The topological polar surface area (TPSA) is 87.5 Å². The first kappa shape index (κ1) is 23.5. The van der Waals surface area contributed by atoms with Crippen LogP contribution in [0, 0.1) is 0 Å². The third-order valence-corrected chi connectivity index (χ3v) is 5.84. The average Bonchev–Trinajstić information content (AvgIpc) is 2.82. The lowest BCUT2D eigenvalue weighted by molar-refractivity contribution is -0.140. The van der Waals surface area contributed by atoms with Crippen molar-refractivity contribution in [2.24, 2.45) is 0 Å². The zero-order valence-corrected chi connectivity index (χ0v) is 19.0. The number of unbranched alkanes of at least 4 members (excludes halogenated alkanes) is 1. The molecule has 3 aromatic rings. The maximum atomic E-state index is 13.3. The molecule has 0 saturated carbocycles. The molecule has 0 spiro atoms. The molecule has 0 saturated heterocycles. The Morgan fingerprint density at radius 3 is 2.62 bits per heavy atom. The number of benzene rings is 2. The predicted molar refractivity (Wildman–Crippen MR) is 124 cm³/mol. The lowest BCUT2D eigenvalue weighted by Crippen LogP contribution is -2.25. The Labute approximate surface area is 190 Å². The molecule has 1 aromatic heterocycles. The molecular formula is C24H26N2O5S. The minimum atomic E-state index is -0.504. The summed E-state index contributed by atoms with van der Waals surface area (Å²) in [6.07, 6.45) is 2.39. The first-order valence-electron chi connectivity index (χ1n) is 10.5. The summed E-state index contributed by atoms with van der Waals surface area (Å²) in [5.74, 6) is -0.810. The van der Waals surface area contributed by atoms with Crippen LogP contribution in [0.5, 0.6) is 0 Å². The summed E-state index contributed by atoms with van der Waals surface area (Å²) in [5.41, 5.74) is 1.57. The molecule has 2 aromatic carbocycles. The Morgan fingerprint density at radius 2 is 1.91 bits per heavy atom. The van der Waals surface area contributed by atoms with Crippen molar-refractivity contribution in [2.45, 2.75) is 37.9 Å². The van der Waals surface area contributed by atoms with Crippen LogP contribution < -0.4 is 5.56 Å². The Kier molecular flexibility index (Phi) is 8.44. The number of carbonyl (C=O) groups is 2. The van der Waals surface area contributed by atoms with Gasteiger partial charge in [0, 0.05) is 6.54 Å². The van der Waals surface area contributed by atoms with E-state index in [2.05, 4.69) is 4.98 Å². The monoisotopic (exact) mass is 454 g/mol. The number of methoxy groups -OCH3 is 1. The largest absolute Gasteiger partial charge is 0.465 e. The van der Waals surface area contributed by atoms with Crippen molar-refractivity contribution in [2.75, 3.05) is 19.5 Å². The molecule has 32 heavy (non-hydrogen) atoms. The van der Waals surface area contributed by atoms with Gasteiger partial charge in [0.15, 0.2) is 5.16 Å². The molecule has 0 radical (unpaired) electrons. The van der Waals surface area contributed by atoms with Gasteiger partial charge in [-0.05, 0) is 36.6 Å². The number of fused-ring (bicyclic) bond motifs is 1. The number of esters is 2. The van der Waals surface area contributed by atoms with Crippen LogP contribution >= 0.6 is 11.8 Å². The van der Waals surface area contributed by atoms with Gasteiger partial charge in [-0.1, -0.05) is 55.4 Å². The van der Waals surface area contributed by atoms with Crippen molar-refractivity contribution in [3.8, 4) is 0 Å². The Morgan fingerprint density at radius 1 is 1.12 bits per heavy atom. The van der Waals surface area contributed by atoms with Crippen molar-refractivity contribution in [1.82, 2.24) is 9.55 Å². The van der Waals surface area contributed by atoms with Gasteiger partial charge in [-0.2, -0.15) is 0 Å². The normalized spacial score (nSPS) is 10.8. The number of aromatic nitrogens is 2. The average molecular weight is 455 g/mol. The second kappa shape index (κ2) is 11.5. The van der Waals surface area contributed by atoms with Gasteiger partial charge < -0.3 is 9.47 Å². The summed E-state index contributed by atoms with van der Waals surface area (Å²) >= 11 is 1.16. The van der Waals surface area contributed by atoms with Gasteiger partial charge in [-0.15, -0.1) is 0 Å². The van der Waals surface area contributed by atoms with Crippen LogP contribution in [-0.4, -0.2) is 41.0 Å². The van der Waals surface area contributed by atoms with Crippen LogP contribution in [0.25, 0.3) is 10.9 Å². The molecular weight excluding hydrogens is 428 g/mol. The van der Waals surface area contributed by atoms with E-state index in [4.69, 9.17) is 9.47 Å².